The van der Waals surface area contributed by atoms with Crippen molar-refractivity contribution in [1.82, 2.24) is 4.90 Å². The lowest BCUT2D eigenvalue weighted by Gasteiger charge is -2.16. The zero-order valence-electron chi connectivity index (χ0n) is 8.81. The Balaban J connectivity index is 3.74. The highest BCUT2D eigenvalue weighted by Gasteiger charge is 2.15. The first-order valence-corrected chi connectivity index (χ1v) is 4.73. The van der Waals surface area contributed by atoms with Gasteiger partial charge in [0.1, 0.15) is 0 Å². The molecule has 0 aliphatic rings. The Bertz CT molecular complexity index is 173. The number of hydrogen-bond acceptors (Lipinski definition) is 4. The van der Waals surface area contributed by atoms with Crippen molar-refractivity contribution in [2.24, 2.45) is 5.73 Å². The number of amides is 1. The van der Waals surface area contributed by atoms with Gasteiger partial charge in [-0.25, -0.2) is 0 Å². The van der Waals surface area contributed by atoms with Crippen molar-refractivity contribution >= 4 is 5.91 Å². The molecule has 2 atom stereocenters. The molecule has 4 N–H and O–H groups in total. The molecule has 0 aliphatic carbocycles. The van der Waals surface area contributed by atoms with E-state index < -0.39 is 12.2 Å². The highest BCUT2D eigenvalue weighted by Crippen LogP contribution is 2.06. The Hall–Kier alpha value is -0.650. The molecule has 5 heteroatoms. The quantitative estimate of drug-likeness (QED) is 0.514. The van der Waals surface area contributed by atoms with Gasteiger partial charge in [0.25, 0.3) is 0 Å². The summed E-state index contributed by atoms with van der Waals surface area (Å²) >= 11 is 0. The SMILES string of the molecule is CN(C)C(=O)C[C@H](O)C[C@H](O)CCN. The van der Waals surface area contributed by atoms with E-state index in [-0.39, 0.29) is 18.7 Å². The van der Waals surface area contributed by atoms with E-state index in [0.717, 1.165) is 0 Å². The average molecular weight is 204 g/mol. The van der Waals surface area contributed by atoms with Gasteiger partial charge in [0, 0.05) is 14.1 Å². The first kappa shape index (κ1) is 13.4. The minimum atomic E-state index is -0.786. The van der Waals surface area contributed by atoms with E-state index >= 15 is 0 Å². The topological polar surface area (TPSA) is 86.8 Å². The predicted molar refractivity (Wildman–Crippen MR) is 53.6 cm³/mol. The van der Waals surface area contributed by atoms with Gasteiger partial charge in [-0.1, -0.05) is 0 Å². The van der Waals surface area contributed by atoms with Crippen LogP contribution in [0.15, 0.2) is 0 Å². The van der Waals surface area contributed by atoms with E-state index in [1.54, 1.807) is 14.1 Å². The van der Waals surface area contributed by atoms with Gasteiger partial charge in [-0.15, -0.1) is 0 Å². The number of hydrogen-bond donors (Lipinski definition) is 3. The second-order valence-electron chi connectivity index (χ2n) is 3.61. The lowest BCUT2D eigenvalue weighted by molar-refractivity contribution is -0.131. The van der Waals surface area contributed by atoms with Crippen LogP contribution in [0.3, 0.4) is 0 Å². The lowest BCUT2D eigenvalue weighted by Crippen LogP contribution is -2.29. The molecule has 5 nitrogen and oxygen atoms in total. The van der Waals surface area contributed by atoms with Gasteiger partial charge < -0.3 is 20.8 Å². The van der Waals surface area contributed by atoms with Crippen LogP contribution in [-0.2, 0) is 4.79 Å². The molecule has 0 saturated heterocycles. The van der Waals surface area contributed by atoms with Gasteiger partial charge in [0.2, 0.25) is 5.91 Å². The molecule has 0 rings (SSSR count). The maximum atomic E-state index is 11.2. The lowest BCUT2D eigenvalue weighted by atomic mass is 10.1. The molecular weight excluding hydrogens is 184 g/mol. The van der Waals surface area contributed by atoms with Gasteiger partial charge in [-0.2, -0.15) is 0 Å². The number of aliphatic hydroxyl groups excluding tert-OH is 2. The molecule has 0 radical (unpaired) electrons. The molecular formula is C9H20N2O3. The summed E-state index contributed by atoms with van der Waals surface area (Å²) in [7, 11) is 3.26. The fourth-order valence-corrected chi connectivity index (χ4v) is 1.09. The van der Waals surface area contributed by atoms with E-state index in [0.29, 0.717) is 13.0 Å². The van der Waals surface area contributed by atoms with Crippen LogP contribution in [0.5, 0.6) is 0 Å². The summed E-state index contributed by atoms with van der Waals surface area (Å²) in [5, 5.41) is 18.7. The summed E-state index contributed by atoms with van der Waals surface area (Å²) in [6, 6.07) is 0. The van der Waals surface area contributed by atoms with E-state index in [2.05, 4.69) is 0 Å². The van der Waals surface area contributed by atoms with Crippen LogP contribution in [0.4, 0.5) is 0 Å². The molecule has 0 unspecified atom stereocenters. The standard InChI is InChI=1S/C9H20N2O3/c1-11(2)9(14)6-8(13)5-7(12)3-4-10/h7-8,12-13H,3-6,10H2,1-2H3/t7-,8-/m1/s1. The van der Waals surface area contributed by atoms with Gasteiger partial charge in [-0.05, 0) is 19.4 Å². The summed E-state index contributed by atoms with van der Waals surface area (Å²) in [5.74, 6) is -0.141. The minimum absolute atomic E-state index is 0.0502. The van der Waals surface area contributed by atoms with Crippen LogP contribution in [0, 0.1) is 0 Å². The smallest absolute Gasteiger partial charge is 0.224 e. The van der Waals surface area contributed by atoms with Crippen LogP contribution in [0.25, 0.3) is 0 Å². The zero-order valence-corrected chi connectivity index (χ0v) is 8.81. The Morgan fingerprint density at radius 3 is 2.36 bits per heavy atom. The molecule has 0 aromatic heterocycles. The first-order valence-electron chi connectivity index (χ1n) is 4.73. The summed E-state index contributed by atoms with van der Waals surface area (Å²) in [6.07, 6.45) is -0.699. The Morgan fingerprint density at radius 1 is 1.36 bits per heavy atom. The molecule has 0 aliphatic heterocycles. The Labute approximate surface area is 84.5 Å². The van der Waals surface area contributed by atoms with Crippen molar-refractivity contribution in [2.75, 3.05) is 20.6 Å². The van der Waals surface area contributed by atoms with Gasteiger partial charge in [0.15, 0.2) is 0 Å². The summed E-state index contributed by atoms with van der Waals surface area (Å²) in [4.78, 5) is 12.6. The number of carbonyl (C=O) groups is 1. The summed E-state index contributed by atoms with van der Waals surface area (Å²) in [6.45, 7) is 0.384. The molecule has 0 saturated carbocycles. The third-order valence-corrected chi connectivity index (χ3v) is 1.95. The van der Waals surface area contributed by atoms with Crippen LogP contribution < -0.4 is 5.73 Å². The largest absolute Gasteiger partial charge is 0.393 e. The van der Waals surface area contributed by atoms with Gasteiger partial charge in [0.05, 0.1) is 18.6 Å². The highest BCUT2D eigenvalue weighted by molar-refractivity contribution is 5.75. The number of nitrogens with zero attached hydrogens (tertiary/aromatic N) is 1. The van der Waals surface area contributed by atoms with E-state index in [4.69, 9.17) is 5.73 Å². The fraction of sp³-hybridized carbons (Fsp3) is 0.889. The Kier molecular flexibility index (Phi) is 6.44. The normalized spacial score (nSPS) is 14.9. The van der Waals surface area contributed by atoms with Crippen molar-refractivity contribution in [3.63, 3.8) is 0 Å². The van der Waals surface area contributed by atoms with Crippen molar-refractivity contribution in [3.8, 4) is 0 Å². The fourth-order valence-electron chi connectivity index (χ4n) is 1.09. The summed E-state index contributed by atoms with van der Waals surface area (Å²) in [5.41, 5.74) is 5.24. The molecule has 0 fully saturated rings. The van der Waals surface area contributed by atoms with E-state index in [9.17, 15) is 15.0 Å². The number of rotatable bonds is 6. The average Bonchev–Trinajstić information content (AvgIpc) is 2.03. The number of carbonyl (C=O) groups excluding carboxylic acids is 1. The van der Waals surface area contributed by atoms with E-state index in [1.165, 1.54) is 4.90 Å². The second kappa shape index (κ2) is 6.75. The molecule has 0 aromatic carbocycles. The minimum Gasteiger partial charge on any atom is -0.393 e. The van der Waals surface area contributed by atoms with Crippen molar-refractivity contribution in [2.45, 2.75) is 31.5 Å². The molecule has 84 valence electrons. The summed E-state index contributed by atoms with van der Waals surface area (Å²) < 4.78 is 0. The third kappa shape index (κ3) is 5.90. The number of aliphatic hydroxyl groups is 2. The first-order chi connectivity index (χ1) is 6.47. The van der Waals surface area contributed by atoms with Crippen LogP contribution >= 0.6 is 0 Å². The maximum Gasteiger partial charge on any atom is 0.224 e. The zero-order chi connectivity index (χ0) is 11.1. The molecule has 0 spiro atoms. The predicted octanol–water partition coefficient (Wildman–Crippen LogP) is -1.07. The van der Waals surface area contributed by atoms with Crippen molar-refractivity contribution in [1.29, 1.82) is 0 Å². The van der Waals surface area contributed by atoms with E-state index in [1.807, 2.05) is 0 Å². The van der Waals surface area contributed by atoms with Crippen LogP contribution in [0.2, 0.25) is 0 Å². The molecule has 0 heterocycles. The third-order valence-electron chi connectivity index (χ3n) is 1.95. The highest BCUT2D eigenvalue weighted by atomic mass is 16.3. The van der Waals surface area contributed by atoms with Crippen LogP contribution in [-0.4, -0.2) is 53.9 Å². The molecule has 14 heavy (non-hydrogen) atoms. The monoisotopic (exact) mass is 204 g/mol. The van der Waals surface area contributed by atoms with Crippen molar-refractivity contribution < 1.29 is 15.0 Å². The maximum absolute atomic E-state index is 11.2. The van der Waals surface area contributed by atoms with Gasteiger partial charge in [-0.3, -0.25) is 4.79 Å². The number of nitrogens with two attached hydrogens (primary N) is 1. The van der Waals surface area contributed by atoms with Crippen molar-refractivity contribution in [3.05, 3.63) is 0 Å². The molecule has 0 bridgehead atoms. The molecule has 0 aromatic rings. The van der Waals surface area contributed by atoms with Gasteiger partial charge >= 0.3 is 0 Å². The van der Waals surface area contributed by atoms with Crippen LogP contribution in [0.1, 0.15) is 19.3 Å². The molecule has 1 amide bonds. The Morgan fingerprint density at radius 2 is 1.93 bits per heavy atom. The second-order valence-corrected chi connectivity index (χ2v) is 3.61.